The molecule has 1 aromatic heterocycles. The molecule has 2 aromatic carbocycles. The summed E-state index contributed by atoms with van der Waals surface area (Å²) >= 11 is 0. The highest BCUT2D eigenvalue weighted by molar-refractivity contribution is 6.40. The molecule has 29 heavy (non-hydrogen) atoms. The maximum Gasteiger partial charge on any atom is 0.313 e. The van der Waals surface area contributed by atoms with E-state index in [-0.39, 0.29) is 0 Å². The van der Waals surface area contributed by atoms with E-state index >= 15 is 0 Å². The van der Waals surface area contributed by atoms with Gasteiger partial charge in [-0.15, -0.1) is 0 Å². The number of amides is 2. The van der Waals surface area contributed by atoms with Crippen molar-refractivity contribution in [3.63, 3.8) is 0 Å². The van der Waals surface area contributed by atoms with Crippen LogP contribution in [0.4, 0.5) is 11.4 Å². The Labute approximate surface area is 170 Å². The van der Waals surface area contributed by atoms with Gasteiger partial charge < -0.3 is 15.1 Å². The number of carbonyl (C=O) groups is 2. The van der Waals surface area contributed by atoms with Gasteiger partial charge in [0.15, 0.2) is 0 Å². The molecule has 1 fully saturated rings. The van der Waals surface area contributed by atoms with Crippen molar-refractivity contribution in [1.82, 2.24) is 9.88 Å². The van der Waals surface area contributed by atoms with Gasteiger partial charge in [0.2, 0.25) is 0 Å². The number of aryl methyl sites for hydroxylation is 1. The lowest BCUT2D eigenvalue weighted by atomic mass is 10.1. The van der Waals surface area contributed by atoms with Crippen molar-refractivity contribution in [2.75, 3.05) is 36.4 Å². The molecular formula is C23H24N4O2. The molecule has 3 aromatic rings. The van der Waals surface area contributed by atoms with Crippen molar-refractivity contribution < 1.29 is 9.59 Å². The fourth-order valence-electron chi connectivity index (χ4n) is 3.75. The number of rotatable bonds is 2. The van der Waals surface area contributed by atoms with E-state index in [1.54, 1.807) is 17.2 Å². The smallest absolute Gasteiger partial charge is 0.313 e. The van der Waals surface area contributed by atoms with Gasteiger partial charge in [-0.3, -0.25) is 14.6 Å². The molecule has 4 rings (SSSR count). The largest absolute Gasteiger partial charge is 0.368 e. The topological polar surface area (TPSA) is 65.5 Å². The monoisotopic (exact) mass is 388 g/mol. The molecule has 0 bridgehead atoms. The van der Waals surface area contributed by atoms with Gasteiger partial charge >= 0.3 is 11.8 Å². The van der Waals surface area contributed by atoms with Crippen LogP contribution in [0.25, 0.3) is 10.9 Å². The number of para-hydroxylation sites is 1. The summed E-state index contributed by atoms with van der Waals surface area (Å²) in [4.78, 5) is 33.5. The van der Waals surface area contributed by atoms with Crippen LogP contribution in [0.2, 0.25) is 0 Å². The van der Waals surface area contributed by atoms with Gasteiger partial charge in [0.05, 0.1) is 11.2 Å². The lowest BCUT2D eigenvalue weighted by Crippen LogP contribution is -2.51. The van der Waals surface area contributed by atoms with Gasteiger partial charge in [-0.1, -0.05) is 30.3 Å². The number of benzene rings is 2. The van der Waals surface area contributed by atoms with Crippen LogP contribution in [-0.4, -0.2) is 47.9 Å². The van der Waals surface area contributed by atoms with Gasteiger partial charge in [0, 0.05) is 43.4 Å². The molecule has 2 amide bonds. The molecule has 2 heterocycles. The van der Waals surface area contributed by atoms with E-state index in [1.165, 1.54) is 16.8 Å². The Morgan fingerprint density at radius 3 is 2.45 bits per heavy atom. The van der Waals surface area contributed by atoms with E-state index in [2.05, 4.69) is 47.2 Å². The van der Waals surface area contributed by atoms with Gasteiger partial charge in [-0.05, 0) is 43.2 Å². The molecule has 0 atom stereocenters. The van der Waals surface area contributed by atoms with Gasteiger partial charge in [-0.2, -0.15) is 0 Å². The first kappa shape index (κ1) is 18.9. The van der Waals surface area contributed by atoms with Gasteiger partial charge in [0.25, 0.3) is 0 Å². The molecule has 6 heteroatoms. The molecular weight excluding hydrogens is 364 g/mol. The number of nitrogens with zero attached hydrogens (tertiary/aromatic N) is 3. The zero-order valence-corrected chi connectivity index (χ0v) is 16.7. The normalized spacial score (nSPS) is 14.1. The third-order valence-corrected chi connectivity index (χ3v) is 5.56. The molecule has 1 aliphatic heterocycles. The van der Waals surface area contributed by atoms with Crippen LogP contribution >= 0.6 is 0 Å². The molecule has 1 N–H and O–H groups in total. The van der Waals surface area contributed by atoms with Crippen molar-refractivity contribution >= 4 is 34.1 Å². The van der Waals surface area contributed by atoms with Crippen LogP contribution in [0.15, 0.2) is 54.7 Å². The average molecular weight is 388 g/mol. The third-order valence-electron chi connectivity index (χ3n) is 5.56. The minimum Gasteiger partial charge on any atom is -0.368 e. The quantitative estimate of drug-likeness (QED) is 0.685. The molecule has 148 valence electrons. The Morgan fingerprint density at radius 2 is 1.66 bits per heavy atom. The van der Waals surface area contributed by atoms with Crippen LogP contribution in [0.5, 0.6) is 0 Å². The van der Waals surface area contributed by atoms with E-state index in [4.69, 9.17) is 0 Å². The second-order valence-electron chi connectivity index (χ2n) is 7.33. The molecule has 6 nitrogen and oxygen atoms in total. The number of hydrogen-bond donors (Lipinski definition) is 1. The fourth-order valence-corrected chi connectivity index (χ4v) is 3.75. The van der Waals surface area contributed by atoms with Crippen molar-refractivity contribution in [2.45, 2.75) is 13.8 Å². The number of piperazine rings is 1. The van der Waals surface area contributed by atoms with Crippen LogP contribution in [0, 0.1) is 13.8 Å². The Morgan fingerprint density at radius 1 is 0.931 bits per heavy atom. The number of anilines is 2. The van der Waals surface area contributed by atoms with E-state index in [0.717, 1.165) is 5.39 Å². The molecule has 0 radical (unpaired) electrons. The molecule has 0 saturated carbocycles. The highest BCUT2D eigenvalue weighted by Gasteiger charge is 2.27. The summed E-state index contributed by atoms with van der Waals surface area (Å²) in [6.45, 7) is 6.68. The van der Waals surface area contributed by atoms with Crippen molar-refractivity contribution in [3.8, 4) is 0 Å². The summed E-state index contributed by atoms with van der Waals surface area (Å²) in [5.41, 5.74) is 4.94. The first-order chi connectivity index (χ1) is 14.0. The van der Waals surface area contributed by atoms with E-state index in [9.17, 15) is 9.59 Å². The second-order valence-corrected chi connectivity index (χ2v) is 7.33. The first-order valence-corrected chi connectivity index (χ1v) is 9.80. The minimum atomic E-state index is -0.622. The van der Waals surface area contributed by atoms with Crippen LogP contribution in [-0.2, 0) is 9.59 Å². The minimum absolute atomic E-state index is 0.501. The predicted molar refractivity (Wildman–Crippen MR) is 115 cm³/mol. The summed E-state index contributed by atoms with van der Waals surface area (Å²) in [6.07, 6.45) is 1.67. The summed E-state index contributed by atoms with van der Waals surface area (Å²) in [5, 5.41) is 3.65. The Kier molecular flexibility index (Phi) is 5.16. The van der Waals surface area contributed by atoms with Crippen molar-refractivity contribution in [1.29, 1.82) is 0 Å². The zero-order valence-electron chi connectivity index (χ0n) is 16.7. The summed E-state index contributed by atoms with van der Waals surface area (Å²) in [6, 6.07) is 15.6. The molecule has 0 spiro atoms. The van der Waals surface area contributed by atoms with Crippen molar-refractivity contribution in [2.24, 2.45) is 0 Å². The number of fused-ring (bicyclic) bond motifs is 1. The SMILES string of the molecule is Cc1cccc(N2CCN(C(=O)C(=O)Nc3cccc4cccnc34)CC2)c1C. The first-order valence-electron chi connectivity index (χ1n) is 9.80. The average Bonchev–Trinajstić information content (AvgIpc) is 2.75. The molecule has 0 aliphatic carbocycles. The molecule has 1 aliphatic rings. The standard InChI is InChI=1S/C23H24N4O2/c1-16-6-3-10-20(17(16)2)26-12-14-27(15-13-26)23(29)22(28)25-19-9-4-7-18-8-5-11-24-21(18)19/h3-11H,12-15H2,1-2H3,(H,25,28). The van der Waals surface area contributed by atoms with E-state index in [0.29, 0.717) is 37.4 Å². The Hall–Kier alpha value is -3.41. The summed E-state index contributed by atoms with van der Waals surface area (Å²) in [7, 11) is 0. The predicted octanol–water partition coefficient (Wildman–Crippen LogP) is 3.14. The van der Waals surface area contributed by atoms with Crippen LogP contribution in [0.1, 0.15) is 11.1 Å². The molecule has 1 saturated heterocycles. The summed E-state index contributed by atoms with van der Waals surface area (Å²) in [5.74, 6) is -1.12. The number of nitrogens with one attached hydrogen (secondary N) is 1. The van der Waals surface area contributed by atoms with E-state index in [1.807, 2.05) is 24.3 Å². The lowest BCUT2D eigenvalue weighted by Gasteiger charge is -2.36. The van der Waals surface area contributed by atoms with Crippen LogP contribution < -0.4 is 10.2 Å². The Balaban J connectivity index is 1.41. The number of pyridine rings is 1. The highest BCUT2D eigenvalue weighted by atomic mass is 16.2. The van der Waals surface area contributed by atoms with Crippen LogP contribution in [0.3, 0.4) is 0 Å². The fraction of sp³-hybridized carbons (Fsp3) is 0.261. The van der Waals surface area contributed by atoms with E-state index < -0.39 is 11.8 Å². The van der Waals surface area contributed by atoms with Crippen molar-refractivity contribution in [3.05, 3.63) is 65.9 Å². The second kappa shape index (κ2) is 7.91. The summed E-state index contributed by atoms with van der Waals surface area (Å²) < 4.78 is 0. The maximum absolute atomic E-state index is 12.7. The Bertz CT molecular complexity index is 1070. The number of carbonyl (C=O) groups excluding carboxylic acids is 2. The van der Waals surface area contributed by atoms with Gasteiger partial charge in [0.1, 0.15) is 0 Å². The number of aromatic nitrogens is 1. The lowest BCUT2D eigenvalue weighted by molar-refractivity contribution is -0.143. The third kappa shape index (κ3) is 3.78. The zero-order chi connectivity index (χ0) is 20.4. The highest BCUT2D eigenvalue weighted by Crippen LogP contribution is 2.24. The number of hydrogen-bond acceptors (Lipinski definition) is 4. The van der Waals surface area contributed by atoms with Gasteiger partial charge in [-0.25, -0.2) is 0 Å². The molecule has 0 unspecified atom stereocenters. The maximum atomic E-state index is 12.7.